The minimum absolute atomic E-state index is 0.0284. The number of aliphatic hydroxyl groups is 1. The van der Waals surface area contributed by atoms with Crippen molar-refractivity contribution in [3.05, 3.63) is 0 Å². The van der Waals surface area contributed by atoms with Crippen LogP contribution in [0.2, 0.25) is 0 Å². The van der Waals surface area contributed by atoms with Gasteiger partial charge in [-0.3, -0.25) is 4.79 Å². The molecular weight excluding hydrogens is 671 g/mol. The molecule has 0 aromatic rings. The van der Waals surface area contributed by atoms with Crippen molar-refractivity contribution in [2.24, 2.45) is 0 Å². The summed E-state index contributed by atoms with van der Waals surface area (Å²) in [6.45, 7) is 14.7. The molecule has 0 bridgehead atoms. The zero-order chi connectivity index (χ0) is 40.6. The highest BCUT2D eigenvalue weighted by Gasteiger charge is 2.19. The molecule has 6 nitrogen and oxygen atoms in total. The van der Waals surface area contributed by atoms with Crippen molar-refractivity contribution < 1.29 is 28.7 Å². The van der Waals surface area contributed by atoms with E-state index in [4.69, 9.17) is 9.47 Å². The number of likely N-dealkylation sites (N-methyl/N-ethyl adjacent to an activating group) is 1. The first kappa shape index (κ1) is 57.3. The quantitative estimate of drug-likeness (QED) is 0.0290. The molecular formula is C48H100NO5+. The van der Waals surface area contributed by atoms with Crippen molar-refractivity contribution in [2.45, 2.75) is 253 Å². The molecule has 326 valence electrons. The number of hydrogen-bond acceptors (Lipinski definition) is 5. The van der Waals surface area contributed by atoms with E-state index < -0.39 is 0 Å². The summed E-state index contributed by atoms with van der Waals surface area (Å²) in [6, 6.07) is 0. The summed E-state index contributed by atoms with van der Waals surface area (Å²) in [5, 5.41) is 9.47. The lowest BCUT2D eigenvalue weighted by Crippen LogP contribution is -2.47. The van der Waals surface area contributed by atoms with Crippen molar-refractivity contribution in [1.82, 2.24) is 0 Å². The Hall–Kier alpha value is -0.980. The van der Waals surface area contributed by atoms with Crippen LogP contribution in [-0.2, 0) is 19.1 Å². The molecule has 0 amide bonds. The molecule has 1 N–H and O–H groups in total. The number of rotatable bonds is 41. The molecule has 0 saturated heterocycles. The minimum atomic E-state index is -0.0284. The summed E-state index contributed by atoms with van der Waals surface area (Å²) in [6.07, 6.45) is 42.1. The van der Waals surface area contributed by atoms with Gasteiger partial charge in [0.1, 0.15) is 12.8 Å². The third-order valence-electron chi connectivity index (χ3n) is 10.8. The molecule has 0 aromatic carbocycles. The highest BCUT2D eigenvalue weighted by Crippen LogP contribution is 2.17. The van der Waals surface area contributed by atoms with Gasteiger partial charge in [-0.1, -0.05) is 176 Å². The maximum Gasteiger partial charge on any atom is 0.305 e. The van der Waals surface area contributed by atoms with E-state index in [1.165, 1.54) is 167 Å². The molecule has 0 spiro atoms. The number of unbranched alkanes of at least 4 members (excludes halogenated alkanes) is 25. The molecule has 0 aliphatic heterocycles. The number of quaternary nitrogens is 1. The molecule has 0 aromatic heterocycles. The average Bonchev–Trinajstić information content (AvgIpc) is 3.18. The van der Waals surface area contributed by atoms with E-state index in [2.05, 4.69) is 27.8 Å². The molecule has 0 aliphatic rings. The first-order valence-electron chi connectivity index (χ1n) is 24.0. The Bertz CT molecular complexity index is 689. The van der Waals surface area contributed by atoms with Gasteiger partial charge < -0.3 is 23.9 Å². The normalized spacial score (nSPS) is 12.1. The lowest BCUT2D eigenvalue weighted by Gasteiger charge is -2.34. The van der Waals surface area contributed by atoms with Crippen LogP contribution in [0.5, 0.6) is 0 Å². The molecule has 0 radical (unpaired) electrons. The summed E-state index contributed by atoms with van der Waals surface area (Å²) < 4.78 is 11.9. The second-order valence-corrected chi connectivity index (χ2v) is 16.1. The fraction of sp³-hybridized carbons (Fsp3) is 0.958. The van der Waals surface area contributed by atoms with Crippen molar-refractivity contribution in [1.29, 1.82) is 0 Å². The molecule has 0 saturated carbocycles. The van der Waals surface area contributed by atoms with Gasteiger partial charge in [0.05, 0.1) is 39.5 Å². The van der Waals surface area contributed by atoms with Gasteiger partial charge in [0.15, 0.2) is 0 Å². The van der Waals surface area contributed by atoms with Gasteiger partial charge in [-0.15, -0.1) is 0 Å². The summed E-state index contributed by atoms with van der Waals surface area (Å²) in [5.74, 6) is -0.0284. The molecule has 54 heavy (non-hydrogen) atoms. The molecule has 0 fully saturated rings. The van der Waals surface area contributed by atoms with E-state index in [1.807, 2.05) is 21.0 Å². The van der Waals surface area contributed by atoms with Crippen LogP contribution in [0.3, 0.4) is 0 Å². The molecule has 1 unspecified atom stereocenters. The van der Waals surface area contributed by atoms with Crippen molar-refractivity contribution >= 4 is 12.3 Å². The Kier molecular flexibility index (Phi) is 53.1. The Morgan fingerprint density at radius 1 is 0.556 bits per heavy atom. The maximum atomic E-state index is 11.8. The van der Waals surface area contributed by atoms with E-state index in [0.29, 0.717) is 25.6 Å². The number of nitrogens with zero attached hydrogens (tertiary/aromatic N) is 1. The largest absolute Gasteiger partial charge is 0.466 e. The van der Waals surface area contributed by atoms with Gasteiger partial charge in [-0.05, 0) is 57.8 Å². The van der Waals surface area contributed by atoms with Crippen LogP contribution in [0.4, 0.5) is 0 Å². The Labute approximate surface area is 339 Å². The number of ether oxygens (including phenoxy) is 2. The number of aldehydes is 1. The molecule has 0 heterocycles. The van der Waals surface area contributed by atoms with Crippen LogP contribution in [-0.4, -0.2) is 75.0 Å². The van der Waals surface area contributed by atoms with Crippen LogP contribution < -0.4 is 0 Å². The minimum Gasteiger partial charge on any atom is -0.466 e. The predicted octanol–water partition coefficient (Wildman–Crippen LogP) is 14.1. The fourth-order valence-electron chi connectivity index (χ4n) is 7.12. The molecule has 0 rings (SSSR count). The first-order chi connectivity index (χ1) is 26.4. The standard InChI is InChI=1S/C28H56NO4.C18H38O.C2H6/c1-3-4-5-6-9-15-20-27-33-28(32)21-16-11-10-13-18-23-29(2,24-26-31)22-17-12-7-8-14-19-25-30;1-4-6-8-10-12-14-16-18(19-3)17-15-13-11-9-7-5-2;1-2/h25,31H,3-24,26-27H2,1-2H3;18H,4-17H2,1-3H3;1-2H3/q+1;;. The third-order valence-corrected chi connectivity index (χ3v) is 10.8. The topological polar surface area (TPSA) is 72.8 Å². The summed E-state index contributed by atoms with van der Waals surface area (Å²) in [4.78, 5) is 22.2. The number of carbonyl (C=O) groups is 2. The van der Waals surface area contributed by atoms with Gasteiger partial charge >= 0.3 is 5.97 Å². The van der Waals surface area contributed by atoms with Gasteiger partial charge in [0.2, 0.25) is 0 Å². The molecule has 0 aliphatic carbocycles. The predicted molar refractivity (Wildman–Crippen MR) is 236 cm³/mol. The van der Waals surface area contributed by atoms with E-state index in [0.717, 1.165) is 62.5 Å². The zero-order valence-electron chi connectivity index (χ0n) is 38.1. The van der Waals surface area contributed by atoms with Gasteiger partial charge in [0.25, 0.3) is 0 Å². The maximum absolute atomic E-state index is 11.8. The number of hydrogen-bond donors (Lipinski definition) is 1. The van der Waals surface area contributed by atoms with Gasteiger partial charge in [-0.25, -0.2) is 0 Å². The van der Waals surface area contributed by atoms with Crippen LogP contribution in [0.25, 0.3) is 0 Å². The summed E-state index contributed by atoms with van der Waals surface area (Å²) in [7, 11) is 4.16. The Morgan fingerprint density at radius 3 is 1.37 bits per heavy atom. The lowest BCUT2D eigenvalue weighted by molar-refractivity contribution is -0.910. The van der Waals surface area contributed by atoms with Crippen LogP contribution in [0.15, 0.2) is 0 Å². The van der Waals surface area contributed by atoms with E-state index in [9.17, 15) is 14.7 Å². The van der Waals surface area contributed by atoms with Gasteiger partial charge in [0, 0.05) is 20.0 Å². The van der Waals surface area contributed by atoms with Crippen molar-refractivity contribution in [2.75, 3.05) is 47.0 Å². The smallest absolute Gasteiger partial charge is 0.305 e. The third kappa shape index (κ3) is 47.2. The first-order valence-corrected chi connectivity index (χ1v) is 24.0. The lowest BCUT2D eigenvalue weighted by atomic mass is 10.0. The monoisotopic (exact) mass is 771 g/mol. The number of esters is 1. The van der Waals surface area contributed by atoms with Crippen LogP contribution in [0, 0.1) is 0 Å². The number of methoxy groups -OCH3 is 1. The highest BCUT2D eigenvalue weighted by molar-refractivity contribution is 5.69. The van der Waals surface area contributed by atoms with Gasteiger partial charge in [-0.2, -0.15) is 0 Å². The van der Waals surface area contributed by atoms with E-state index in [-0.39, 0.29) is 12.6 Å². The number of carbonyl (C=O) groups excluding carboxylic acids is 2. The summed E-state index contributed by atoms with van der Waals surface area (Å²) >= 11 is 0. The summed E-state index contributed by atoms with van der Waals surface area (Å²) in [5.41, 5.74) is 0. The van der Waals surface area contributed by atoms with Crippen molar-refractivity contribution in [3.63, 3.8) is 0 Å². The zero-order valence-corrected chi connectivity index (χ0v) is 38.1. The second-order valence-electron chi connectivity index (χ2n) is 16.1. The van der Waals surface area contributed by atoms with Crippen LogP contribution in [0.1, 0.15) is 247 Å². The molecule has 1 atom stereocenters. The van der Waals surface area contributed by atoms with E-state index in [1.54, 1.807) is 0 Å². The van der Waals surface area contributed by atoms with Crippen molar-refractivity contribution in [3.8, 4) is 0 Å². The second kappa shape index (κ2) is 50.0. The van der Waals surface area contributed by atoms with Crippen LogP contribution >= 0.6 is 0 Å². The fourth-order valence-corrected chi connectivity index (χ4v) is 7.12. The Morgan fingerprint density at radius 2 is 0.944 bits per heavy atom. The Balaban J connectivity index is -0.00000105. The SMILES string of the molecule is CC.CCCCCCCCC(CCCCCCCC)OC.CCCCCCCCCOC(=O)CCCCCCC[N+](C)(CCO)CCCCCCCC=O. The van der Waals surface area contributed by atoms with E-state index >= 15 is 0 Å². The average molecular weight is 771 g/mol. The molecule has 6 heteroatoms. The highest BCUT2D eigenvalue weighted by atomic mass is 16.5. The number of aliphatic hydroxyl groups excluding tert-OH is 1.